The number of imidazole rings is 2. The van der Waals surface area contributed by atoms with Crippen molar-refractivity contribution in [2.24, 2.45) is 14.1 Å². The van der Waals surface area contributed by atoms with Crippen LogP contribution in [0, 0.1) is 0 Å². The average Bonchev–Trinajstić information content (AvgIpc) is 3.30. The van der Waals surface area contributed by atoms with Gasteiger partial charge in [0, 0.05) is 0 Å². The molecule has 4 rings (SSSR count). The second-order valence-corrected chi connectivity index (χ2v) is 13.3. The Kier molecular flexibility index (Phi) is 6.13. The molecular weight excluding hydrogens is 478 g/mol. The number of rotatable bonds is 7. The summed E-state index contributed by atoms with van der Waals surface area (Å²) < 4.78 is 11.5. The summed E-state index contributed by atoms with van der Waals surface area (Å²) in [7, 11) is 4.11. The first-order valence-electron chi connectivity index (χ1n) is 9.18. The van der Waals surface area contributed by atoms with Gasteiger partial charge in [-0.2, -0.15) is 0 Å². The molecule has 0 aliphatic rings. The molecule has 0 bridgehead atoms. The molecule has 0 N–H and O–H groups in total. The summed E-state index contributed by atoms with van der Waals surface area (Å²) in [6.07, 6.45) is 12.6. The van der Waals surface area contributed by atoms with E-state index < -0.39 is 0 Å². The number of benzene rings is 2. The molecule has 0 amide bonds. The minimum atomic E-state index is 0.529. The Morgan fingerprint density at radius 3 is 1.36 bits per heavy atom. The molecule has 28 heavy (non-hydrogen) atoms. The van der Waals surface area contributed by atoms with Crippen LogP contribution < -0.4 is 18.1 Å². The molecule has 0 aliphatic carbocycles. The van der Waals surface area contributed by atoms with E-state index in [4.69, 9.17) is 0 Å². The molecule has 0 unspecified atom stereocenters. The van der Waals surface area contributed by atoms with E-state index in [0.29, 0.717) is 26.3 Å². The van der Waals surface area contributed by atoms with Gasteiger partial charge in [0.2, 0.25) is 0 Å². The third kappa shape index (κ3) is 5.24. The zero-order valence-electron chi connectivity index (χ0n) is 16.1. The second-order valence-electron chi connectivity index (χ2n) is 6.96. The van der Waals surface area contributed by atoms with E-state index in [1.807, 2.05) is 0 Å². The fourth-order valence-corrected chi connectivity index (χ4v) is 8.97. The van der Waals surface area contributed by atoms with Crippen LogP contribution in [-0.4, -0.2) is 35.4 Å². The Balaban J connectivity index is 1.30. The predicted octanol–water partition coefficient (Wildman–Crippen LogP) is 0.309. The predicted molar refractivity (Wildman–Crippen MR) is 113 cm³/mol. The van der Waals surface area contributed by atoms with Crippen molar-refractivity contribution in [1.82, 2.24) is 9.13 Å². The van der Waals surface area contributed by atoms with Crippen LogP contribution >= 0.6 is 0 Å². The zero-order chi connectivity index (χ0) is 19.3. The van der Waals surface area contributed by atoms with Crippen LogP contribution in [0.2, 0.25) is 0 Å². The van der Waals surface area contributed by atoms with E-state index in [-0.39, 0.29) is 0 Å². The summed E-state index contributed by atoms with van der Waals surface area (Å²) in [6.45, 7) is 1.86. The monoisotopic (exact) mass is 504 g/mol. The Hall–Kier alpha value is -2.10. The maximum atomic E-state index is 2.31. The van der Waals surface area contributed by atoms with Gasteiger partial charge in [0.15, 0.2) is 0 Å². The molecule has 0 radical (unpaired) electrons. The molecule has 0 fully saturated rings. The number of aromatic nitrogens is 4. The molecule has 2 heterocycles. The number of hydrogen-bond acceptors (Lipinski definition) is 0. The van der Waals surface area contributed by atoms with E-state index in [0.717, 1.165) is 13.1 Å². The van der Waals surface area contributed by atoms with Crippen molar-refractivity contribution in [2.45, 2.75) is 13.1 Å². The SMILES string of the molecule is C[n+]1ccn(Cc2ccc([Se][Se]c3ccc(Cn4cc[n+](C)c4)cc3)cc2)c1. The van der Waals surface area contributed by atoms with Crippen LogP contribution in [-0.2, 0) is 27.2 Å². The van der Waals surface area contributed by atoms with Crippen LogP contribution in [0.1, 0.15) is 11.1 Å². The molecule has 2 aromatic carbocycles. The van der Waals surface area contributed by atoms with Gasteiger partial charge < -0.3 is 0 Å². The van der Waals surface area contributed by atoms with E-state index >= 15 is 0 Å². The molecular formula is C22H24N4Se2+2. The van der Waals surface area contributed by atoms with Crippen LogP contribution in [0.3, 0.4) is 0 Å². The van der Waals surface area contributed by atoms with Gasteiger partial charge in [0.1, 0.15) is 0 Å². The fourth-order valence-electron chi connectivity index (χ4n) is 3.01. The molecule has 0 spiro atoms. The number of nitrogens with zero attached hydrogens (tertiary/aromatic N) is 4. The Morgan fingerprint density at radius 2 is 1.04 bits per heavy atom. The molecule has 142 valence electrons. The Bertz CT molecular complexity index is 947. The quantitative estimate of drug-likeness (QED) is 0.256. The van der Waals surface area contributed by atoms with Crippen molar-refractivity contribution in [2.75, 3.05) is 0 Å². The molecule has 0 saturated heterocycles. The van der Waals surface area contributed by atoms with Crippen molar-refractivity contribution in [3.63, 3.8) is 0 Å². The van der Waals surface area contributed by atoms with Crippen LogP contribution in [0.4, 0.5) is 0 Å². The summed E-state index contributed by atoms with van der Waals surface area (Å²) >= 11 is 1.06. The molecule has 0 aliphatic heterocycles. The third-order valence-electron chi connectivity index (χ3n) is 4.46. The van der Waals surface area contributed by atoms with Gasteiger partial charge in [-0.1, -0.05) is 0 Å². The Labute approximate surface area is 177 Å². The van der Waals surface area contributed by atoms with Gasteiger partial charge in [-0.15, -0.1) is 0 Å². The molecule has 4 nitrogen and oxygen atoms in total. The van der Waals surface area contributed by atoms with E-state index in [9.17, 15) is 0 Å². The zero-order valence-corrected chi connectivity index (χ0v) is 19.5. The molecule has 2 aromatic heterocycles. The van der Waals surface area contributed by atoms with Gasteiger partial charge in [0.25, 0.3) is 0 Å². The van der Waals surface area contributed by atoms with Crippen LogP contribution in [0.15, 0.2) is 86.0 Å². The average molecular weight is 502 g/mol. The first-order chi connectivity index (χ1) is 13.6. The van der Waals surface area contributed by atoms with Gasteiger partial charge in [0.05, 0.1) is 0 Å². The molecule has 0 atom stereocenters. The molecule has 6 heteroatoms. The minimum absolute atomic E-state index is 0.529. The number of aryl methyl sites for hydroxylation is 2. The van der Waals surface area contributed by atoms with Crippen molar-refractivity contribution in [1.29, 1.82) is 0 Å². The molecule has 0 saturated carbocycles. The number of hydrogen-bond donors (Lipinski definition) is 0. The maximum absolute atomic E-state index is 2.31. The topological polar surface area (TPSA) is 17.6 Å². The third-order valence-corrected chi connectivity index (χ3v) is 11.7. The molecule has 4 aromatic rings. The summed E-state index contributed by atoms with van der Waals surface area (Å²) in [6, 6.07) is 18.3. The van der Waals surface area contributed by atoms with E-state index in [2.05, 4.69) is 118 Å². The van der Waals surface area contributed by atoms with Crippen LogP contribution in [0.25, 0.3) is 0 Å². The summed E-state index contributed by atoms with van der Waals surface area (Å²) in [5, 5.41) is 0. The van der Waals surface area contributed by atoms with Gasteiger partial charge in [-0.3, -0.25) is 0 Å². The van der Waals surface area contributed by atoms with E-state index in [1.165, 1.54) is 20.1 Å². The van der Waals surface area contributed by atoms with Gasteiger partial charge >= 0.3 is 178 Å². The van der Waals surface area contributed by atoms with Crippen molar-refractivity contribution < 1.29 is 9.13 Å². The van der Waals surface area contributed by atoms with Crippen LogP contribution in [0.5, 0.6) is 0 Å². The second kappa shape index (κ2) is 8.93. The van der Waals surface area contributed by atoms with Crippen molar-refractivity contribution in [3.8, 4) is 0 Å². The fraction of sp³-hybridized carbons (Fsp3) is 0.182. The standard InChI is InChI=1S/C22H24N4Se2/c1-23-11-13-25(17-23)15-19-3-7-21(8-4-19)27-28-22-9-5-20(6-10-22)16-26-14-12-24(2)18-26/h3-14,17-18H,15-16H2,1-2H3/q+2. The summed E-state index contributed by atoms with van der Waals surface area (Å²) in [5.74, 6) is 0. The summed E-state index contributed by atoms with van der Waals surface area (Å²) in [4.78, 5) is 0. The Morgan fingerprint density at radius 1 is 0.643 bits per heavy atom. The first-order valence-corrected chi connectivity index (χ1v) is 15.2. The van der Waals surface area contributed by atoms with E-state index in [1.54, 1.807) is 0 Å². The van der Waals surface area contributed by atoms with Gasteiger partial charge in [-0.25, -0.2) is 0 Å². The first kappa shape index (κ1) is 19.2. The summed E-state index contributed by atoms with van der Waals surface area (Å²) in [5.41, 5.74) is 2.71. The van der Waals surface area contributed by atoms with Gasteiger partial charge in [-0.05, 0) is 0 Å². The van der Waals surface area contributed by atoms with Crippen molar-refractivity contribution in [3.05, 3.63) is 97.1 Å². The van der Waals surface area contributed by atoms with Crippen molar-refractivity contribution >= 4 is 35.2 Å². The normalized spacial score (nSPS) is 11.1.